The van der Waals surface area contributed by atoms with Crippen molar-refractivity contribution in [3.63, 3.8) is 0 Å². The van der Waals surface area contributed by atoms with Gasteiger partial charge in [-0.3, -0.25) is 0 Å². The number of benzene rings is 1. The fourth-order valence-corrected chi connectivity index (χ4v) is 1.23. The first-order valence-corrected chi connectivity index (χ1v) is 4.42. The van der Waals surface area contributed by atoms with E-state index in [-0.39, 0.29) is 5.82 Å². The number of rotatable bonds is 4. The van der Waals surface area contributed by atoms with Crippen LogP contribution in [0.15, 0.2) is 18.2 Å². The summed E-state index contributed by atoms with van der Waals surface area (Å²) in [5, 5.41) is 0. The van der Waals surface area contributed by atoms with E-state index in [9.17, 15) is 9.18 Å². The van der Waals surface area contributed by atoms with Crippen molar-refractivity contribution < 1.29 is 9.18 Å². The Morgan fingerprint density at radius 3 is 2.85 bits per heavy atom. The van der Waals surface area contributed by atoms with Crippen LogP contribution in [0.2, 0.25) is 0 Å². The average molecular weight is 180 g/mol. The first-order chi connectivity index (χ1) is 6.24. The Labute approximate surface area is 77.6 Å². The molecule has 0 atom stereocenters. The molecule has 0 fully saturated rings. The van der Waals surface area contributed by atoms with Gasteiger partial charge in [0.25, 0.3) is 0 Å². The lowest BCUT2D eigenvalue weighted by Gasteiger charge is -2.01. The molecule has 0 aliphatic rings. The number of hydrogen-bond donors (Lipinski definition) is 0. The third kappa shape index (κ3) is 2.98. The molecule has 0 amide bonds. The van der Waals surface area contributed by atoms with E-state index in [4.69, 9.17) is 0 Å². The number of halogens is 1. The maximum Gasteiger partial charge on any atom is 0.126 e. The van der Waals surface area contributed by atoms with E-state index in [2.05, 4.69) is 0 Å². The van der Waals surface area contributed by atoms with Crippen molar-refractivity contribution in [2.45, 2.75) is 26.2 Å². The first kappa shape index (κ1) is 9.90. The number of aryl methyl sites for hydroxylation is 2. The van der Waals surface area contributed by atoms with Gasteiger partial charge in [-0.1, -0.05) is 12.1 Å². The summed E-state index contributed by atoms with van der Waals surface area (Å²) in [6, 6.07) is 5.20. The molecule has 70 valence electrons. The van der Waals surface area contributed by atoms with E-state index in [1.807, 2.05) is 13.0 Å². The molecule has 0 spiro atoms. The number of carbonyl (C=O) groups excluding carboxylic acids is 1. The molecule has 13 heavy (non-hydrogen) atoms. The Hall–Kier alpha value is -1.18. The molecule has 0 bridgehead atoms. The molecule has 1 nitrogen and oxygen atoms in total. The molecule has 0 unspecified atom stereocenters. The lowest BCUT2D eigenvalue weighted by atomic mass is 10.1. The zero-order valence-electron chi connectivity index (χ0n) is 7.72. The fraction of sp³-hybridized carbons (Fsp3) is 0.364. The van der Waals surface area contributed by atoms with Gasteiger partial charge in [-0.15, -0.1) is 0 Å². The normalized spacial score (nSPS) is 10.0. The summed E-state index contributed by atoms with van der Waals surface area (Å²) in [7, 11) is 0. The van der Waals surface area contributed by atoms with Gasteiger partial charge in [-0.25, -0.2) is 4.39 Å². The second kappa shape index (κ2) is 4.75. The van der Waals surface area contributed by atoms with Gasteiger partial charge in [-0.05, 0) is 37.0 Å². The number of carbonyl (C=O) groups is 1. The highest BCUT2D eigenvalue weighted by molar-refractivity contribution is 5.49. The van der Waals surface area contributed by atoms with E-state index in [1.54, 1.807) is 6.07 Å². The monoisotopic (exact) mass is 180 g/mol. The predicted octanol–water partition coefficient (Wildman–Crippen LogP) is 2.66. The van der Waals surface area contributed by atoms with Crippen LogP contribution in [0.4, 0.5) is 4.39 Å². The minimum atomic E-state index is -0.161. The maximum absolute atomic E-state index is 13.2. The van der Waals surface area contributed by atoms with Crippen LogP contribution in [-0.4, -0.2) is 6.29 Å². The quantitative estimate of drug-likeness (QED) is 0.514. The lowest BCUT2D eigenvalue weighted by molar-refractivity contribution is -0.107. The Balaban J connectivity index is 2.61. The smallest absolute Gasteiger partial charge is 0.126 e. The Morgan fingerprint density at radius 1 is 1.46 bits per heavy atom. The summed E-state index contributed by atoms with van der Waals surface area (Å²) in [5.41, 5.74) is 1.63. The Bertz CT molecular complexity index is 294. The van der Waals surface area contributed by atoms with Crippen molar-refractivity contribution in [1.82, 2.24) is 0 Å². The summed E-state index contributed by atoms with van der Waals surface area (Å²) >= 11 is 0. The molecule has 0 aliphatic heterocycles. The number of hydrogen-bond acceptors (Lipinski definition) is 1. The zero-order chi connectivity index (χ0) is 9.68. The van der Waals surface area contributed by atoms with Crippen LogP contribution >= 0.6 is 0 Å². The molecule has 1 aromatic carbocycles. The maximum atomic E-state index is 13.2. The Morgan fingerprint density at radius 2 is 2.23 bits per heavy atom. The van der Waals surface area contributed by atoms with Crippen LogP contribution in [0.1, 0.15) is 24.0 Å². The Kier molecular flexibility index (Phi) is 3.62. The highest BCUT2D eigenvalue weighted by atomic mass is 19.1. The predicted molar refractivity (Wildman–Crippen MR) is 50.1 cm³/mol. The van der Waals surface area contributed by atoms with Crippen molar-refractivity contribution in [3.8, 4) is 0 Å². The minimum absolute atomic E-state index is 0.161. The standard InChI is InChI=1S/C11H13FO/c1-9-5-6-10(11(12)8-9)4-2-3-7-13/h5-8H,2-4H2,1H3. The zero-order valence-corrected chi connectivity index (χ0v) is 7.72. The van der Waals surface area contributed by atoms with Crippen molar-refractivity contribution in [3.05, 3.63) is 35.1 Å². The van der Waals surface area contributed by atoms with Gasteiger partial charge in [0.2, 0.25) is 0 Å². The molecular weight excluding hydrogens is 167 g/mol. The van der Waals surface area contributed by atoms with E-state index >= 15 is 0 Å². The molecule has 0 heterocycles. The van der Waals surface area contributed by atoms with Gasteiger partial charge < -0.3 is 4.79 Å². The molecule has 1 rings (SSSR count). The van der Waals surface area contributed by atoms with Gasteiger partial charge in [0.1, 0.15) is 12.1 Å². The molecule has 0 saturated heterocycles. The second-order valence-corrected chi connectivity index (χ2v) is 3.15. The first-order valence-electron chi connectivity index (χ1n) is 4.42. The van der Waals surface area contributed by atoms with Crippen LogP contribution in [0.3, 0.4) is 0 Å². The number of unbranched alkanes of at least 4 members (excludes halogenated alkanes) is 1. The topological polar surface area (TPSA) is 17.1 Å². The molecule has 0 N–H and O–H groups in total. The van der Waals surface area contributed by atoms with Crippen molar-refractivity contribution in [2.24, 2.45) is 0 Å². The molecule has 0 aromatic heterocycles. The van der Waals surface area contributed by atoms with Gasteiger partial charge in [0.05, 0.1) is 0 Å². The van der Waals surface area contributed by atoms with Gasteiger partial charge in [0, 0.05) is 6.42 Å². The highest BCUT2D eigenvalue weighted by Gasteiger charge is 2.00. The van der Waals surface area contributed by atoms with Crippen LogP contribution < -0.4 is 0 Å². The summed E-state index contributed by atoms with van der Waals surface area (Å²) < 4.78 is 13.2. The largest absolute Gasteiger partial charge is 0.303 e. The average Bonchev–Trinajstić information content (AvgIpc) is 2.09. The minimum Gasteiger partial charge on any atom is -0.303 e. The molecule has 1 aromatic rings. The molecule has 0 radical (unpaired) electrons. The molecule has 2 heteroatoms. The molecular formula is C11H13FO. The third-order valence-electron chi connectivity index (χ3n) is 1.98. The van der Waals surface area contributed by atoms with Gasteiger partial charge in [0.15, 0.2) is 0 Å². The highest BCUT2D eigenvalue weighted by Crippen LogP contribution is 2.12. The summed E-state index contributed by atoms with van der Waals surface area (Å²) in [4.78, 5) is 10.0. The molecule has 0 saturated carbocycles. The van der Waals surface area contributed by atoms with Gasteiger partial charge in [-0.2, -0.15) is 0 Å². The summed E-state index contributed by atoms with van der Waals surface area (Å²) in [5.74, 6) is -0.161. The van der Waals surface area contributed by atoms with Crippen LogP contribution in [0.25, 0.3) is 0 Å². The summed E-state index contributed by atoms with van der Waals surface area (Å²) in [6.07, 6.45) is 2.74. The van der Waals surface area contributed by atoms with Crippen LogP contribution in [-0.2, 0) is 11.2 Å². The van der Waals surface area contributed by atoms with Crippen molar-refractivity contribution in [2.75, 3.05) is 0 Å². The van der Waals surface area contributed by atoms with Gasteiger partial charge >= 0.3 is 0 Å². The SMILES string of the molecule is Cc1ccc(CCCC=O)c(F)c1. The molecule has 0 aliphatic carbocycles. The van der Waals surface area contributed by atoms with E-state index < -0.39 is 0 Å². The second-order valence-electron chi connectivity index (χ2n) is 3.15. The van der Waals surface area contributed by atoms with E-state index in [0.29, 0.717) is 18.4 Å². The third-order valence-corrected chi connectivity index (χ3v) is 1.98. The van der Waals surface area contributed by atoms with Crippen molar-refractivity contribution >= 4 is 6.29 Å². The van der Waals surface area contributed by atoms with Crippen LogP contribution in [0, 0.1) is 12.7 Å². The van der Waals surface area contributed by atoms with E-state index in [0.717, 1.165) is 18.3 Å². The summed E-state index contributed by atoms with van der Waals surface area (Å²) in [6.45, 7) is 1.86. The number of aldehydes is 1. The van der Waals surface area contributed by atoms with Crippen LogP contribution in [0.5, 0.6) is 0 Å². The lowest BCUT2D eigenvalue weighted by Crippen LogP contribution is -1.91. The van der Waals surface area contributed by atoms with E-state index in [1.165, 1.54) is 6.07 Å². The fourth-order valence-electron chi connectivity index (χ4n) is 1.23. The van der Waals surface area contributed by atoms with Crippen molar-refractivity contribution in [1.29, 1.82) is 0 Å².